The molecular formula is C22H30N6O3. The summed E-state index contributed by atoms with van der Waals surface area (Å²) < 4.78 is 13.3. The number of hydrogen-bond donors (Lipinski definition) is 1. The summed E-state index contributed by atoms with van der Waals surface area (Å²) in [5.74, 6) is 1.59. The molecule has 166 valence electrons. The second-order valence-corrected chi connectivity index (χ2v) is 8.60. The topological polar surface area (TPSA) is 93.9 Å². The molecule has 2 aromatic rings. The Balaban J connectivity index is 1.22. The predicted octanol–water partition coefficient (Wildman–Crippen LogP) is 2.02. The monoisotopic (exact) mass is 426 g/mol. The molecule has 3 atom stereocenters. The van der Waals surface area contributed by atoms with E-state index in [-0.39, 0.29) is 18.1 Å². The highest BCUT2D eigenvalue weighted by molar-refractivity contribution is 5.67. The van der Waals surface area contributed by atoms with Gasteiger partial charge in [0, 0.05) is 38.5 Å². The van der Waals surface area contributed by atoms with Crippen LogP contribution in [0.5, 0.6) is 0 Å². The molecule has 9 heteroatoms. The normalized spacial score (nSPS) is 25.8. The van der Waals surface area contributed by atoms with Crippen LogP contribution in [0, 0.1) is 5.92 Å². The Morgan fingerprint density at radius 1 is 1.29 bits per heavy atom. The second-order valence-electron chi connectivity index (χ2n) is 8.60. The lowest BCUT2D eigenvalue weighted by molar-refractivity contribution is 0.0378. The maximum atomic E-state index is 12.4. The van der Waals surface area contributed by atoms with Crippen molar-refractivity contribution in [3.8, 4) is 0 Å². The van der Waals surface area contributed by atoms with Crippen molar-refractivity contribution in [1.82, 2.24) is 29.8 Å². The van der Waals surface area contributed by atoms with Crippen molar-refractivity contribution in [2.24, 2.45) is 5.92 Å². The number of morpholine rings is 1. The fraction of sp³-hybridized carbons (Fsp3) is 0.636. The van der Waals surface area contributed by atoms with Crippen molar-refractivity contribution in [1.29, 1.82) is 0 Å². The van der Waals surface area contributed by atoms with E-state index < -0.39 is 0 Å². The van der Waals surface area contributed by atoms with Crippen LogP contribution in [0.2, 0.25) is 0 Å². The summed E-state index contributed by atoms with van der Waals surface area (Å²) in [6.07, 6.45) is 9.10. The number of hydrogen-bond acceptors (Lipinski definition) is 7. The van der Waals surface area contributed by atoms with Crippen molar-refractivity contribution < 1.29 is 14.3 Å². The third-order valence-corrected chi connectivity index (χ3v) is 6.75. The zero-order valence-electron chi connectivity index (χ0n) is 18.0. The van der Waals surface area contributed by atoms with Gasteiger partial charge < -0.3 is 14.8 Å². The van der Waals surface area contributed by atoms with Gasteiger partial charge in [0.25, 0.3) is 0 Å². The molecule has 2 fully saturated rings. The molecule has 1 saturated carbocycles. The van der Waals surface area contributed by atoms with Crippen LogP contribution in [-0.4, -0.2) is 76.1 Å². The highest BCUT2D eigenvalue weighted by Gasteiger charge is 2.39. The number of allylic oxidation sites excluding steroid dienone is 1. The SMILES string of the molecule is CC[C@@H]1C[C@H](OC(=O)NCCN2CCOCC2)C[C@@H]1c1nnc2cnc3c(n12)C=CC3. The first-order valence-electron chi connectivity index (χ1n) is 11.4. The number of nitrogens with one attached hydrogen (secondary N) is 1. The summed E-state index contributed by atoms with van der Waals surface area (Å²) in [6.45, 7) is 6.96. The molecule has 0 aromatic carbocycles. The number of rotatable bonds is 6. The van der Waals surface area contributed by atoms with Crippen LogP contribution in [0.15, 0.2) is 12.3 Å². The number of fused-ring (bicyclic) bond motifs is 3. The van der Waals surface area contributed by atoms with Crippen LogP contribution in [-0.2, 0) is 15.9 Å². The highest BCUT2D eigenvalue weighted by atomic mass is 16.6. The maximum Gasteiger partial charge on any atom is 0.407 e. The van der Waals surface area contributed by atoms with E-state index >= 15 is 0 Å². The molecule has 0 spiro atoms. The summed E-state index contributed by atoms with van der Waals surface area (Å²) in [6, 6.07) is 0. The smallest absolute Gasteiger partial charge is 0.407 e. The average Bonchev–Trinajstić information content (AvgIpc) is 3.51. The summed E-state index contributed by atoms with van der Waals surface area (Å²) in [5, 5.41) is 11.8. The number of ether oxygens (including phenoxy) is 2. The largest absolute Gasteiger partial charge is 0.446 e. The lowest BCUT2D eigenvalue weighted by Crippen LogP contribution is -2.41. The molecule has 1 aliphatic heterocycles. The van der Waals surface area contributed by atoms with Crippen LogP contribution < -0.4 is 5.32 Å². The molecule has 1 saturated heterocycles. The summed E-state index contributed by atoms with van der Waals surface area (Å²) in [7, 11) is 0. The number of carbonyl (C=O) groups is 1. The highest BCUT2D eigenvalue weighted by Crippen LogP contribution is 2.42. The Kier molecular flexibility index (Phi) is 5.87. The van der Waals surface area contributed by atoms with Crippen molar-refractivity contribution >= 4 is 17.8 Å². The summed E-state index contributed by atoms with van der Waals surface area (Å²) in [5.41, 5.74) is 2.92. The van der Waals surface area contributed by atoms with Gasteiger partial charge in [-0.15, -0.1) is 10.2 Å². The van der Waals surface area contributed by atoms with Gasteiger partial charge in [-0.1, -0.05) is 19.4 Å². The molecule has 2 aromatic heterocycles. The van der Waals surface area contributed by atoms with E-state index in [9.17, 15) is 4.79 Å². The zero-order valence-corrected chi connectivity index (χ0v) is 18.0. The van der Waals surface area contributed by atoms with Gasteiger partial charge in [0.1, 0.15) is 11.9 Å². The predicted molar refractivity (Wildman–Crippen MR) is 115 cm³/mol. The molecule has 9 nitrogen and oxygen atoms in total. The quantitative estimate of drug-likeness (QED) is 0.755. The lowest BCUT2D eigenvalue weighted by atomic mass is 9.93. The van der Waals surface area contributed by atoms with E-state index in [0.717, 1.165) is 81.4 Å². The van der Waals surface area contributed by atoms with Crippen LogP contribution in [0.25, 0.3) is 11.7 Å². The standard InChI is InChI=1S/C22H30N6O3/c1-2-15-12-16(31-22(29)23-6-7-27-8-10-30-11-9-27)13-17(15)21-26-25-20-14-24-18-4-3-5-19(18)28(20)21/h3,5,14-17H,2,4,6-13H2,1H3,(H,23,29)/t15-,16+,17+/m1/s1. The van der Waals surface area contributed by atoms with Gasteiger partial charge in [0.2, 0.25) is 0 Å². The Hall–Kier alpha value is -2.52. The third kappa shape index (κ3) is 4.16. The van der Waals surface area contributed by atoms with Crippen LogP contribution in [0.3, 0.4) is 0 Å². The first kappa shape index (κ1) is 20.4. The number of nitrogens with zero attached hydrogens (tertiary/aromatic N) is 5. The Morgan fingerprint density at radius 3 is 3.00 bits per heavy atom. The summed E-state index contributed by atoms with van der Waals surface area (Å²) >= 11 is 0. The molecule has 1 N–H and O–H groups in total. The second kappa shape index (κ2) is 8.92. The van der Waals surface area contributed by atoms with Gasteiger partial charge in [-0.2, -0.15) is 0 Å². The molecule has 5 rings (SSSR count). The minimum atomic E-state index is -0.326. The number of amides is 1. The number of carbonyl (C=O) groups excluding carboxylic acids is 1. The molecule has 31 heavy (non-hydrogen) atoms. The fourth-order valence-electron chi connectivity index (χ4n) is 5.09. The van der Waals surface area contributed by atoms with Crippen molar-refractivity contribution in [2.75, 3.05) is 39.4 Å². The number of alkyl carbamates (subject to hydrolysis) is 1. The first-order valence-corrected chi connectivity index (χ1v) is 11.4. The van der Waals surface area contributed by atoms with E-state index in [1.54, 1.807) is 6.20 Å². The Morgan fingerprint density at radius 2 is 2.16 bits per heavy atom. The molecule has 1 amide bonds. The van der Waals surface area contributed by atoms with Gasteiger partial charge in [-0.05, 0) is 24.8 Å². The lowest BCUT2D eigenvalue weighted by Gasteiger charge is -2.26. The van der Waals surface area contributed by atoms with E-state index in [2.05, 4.69) is 48.9 Å². The molecule has 0 unspecified atom stereocenters. The minimum Gasteiger partial charge on any atom is -0.446 e. The van der Waals surface area contributed by atoms with Gasteiger partial charge in [-0.25, -0.2) is 4.79 Å². The van der Waals surface area contributed by atoms with Gasteiger partial charge in [0.05, 0.1) is 30.8 Å². The molecule has 3 aliphatic rings. The Bertz CT molecular complexity index is 968. The van der Waals surface area contributed by atoms with E-state index in [4.69, 9.17) is 9.47 Å². The third-order valence-electron chi connectivity index (χ3n) is 6.75. The molecular weight excluding hydrogens is 396 g/mol. The van der Waals surface area contributed by atoms with Gasteiger partial charge in [0.15, 0.2) is 5.65 Å². The van der Waals surface area contributed by atoms with E-state index in [1.807, 2.05) is 0 Å². The van der Waals surface area contributed by atoms with Gasteiger partial charge >= 0.3 is 6.09 Å². The molecule has 0 radical (unpaired) electrons. The average molecular weight is 427 g/mol. The van der Waals surface area contributed by atoms with Crippen molar-refractivity contribution in [3.05, 3.63) is 29.5 Å². The maximum absolute atomic E-state index is 12.4. The van der Waals surface area contributed by atoms with Crippen LogP contribution >= 0.6 is 0 Å². The van der Waals surface area contributed by atoms with E-state index in [1.165, 1.54) is 0 Å². The molecule has 0 bridgehead atoms. The number of aromatic nitrogens is 4. The van der Waals surface area contributed by atoms with Gasteiger partial charge in [-0.3, -0.25) is 14.3 Å². The zero-order chi connectivity index (χ0) is 21.2. The van der Waals surface area contributed by atoms with Crippen molar-refractivity contribution in [2.45, 2.75) is 44.6 Å². The summed E-state index contributed by atoms with van der Waals surface area (Å²) in [4.78, 5) is 19.2. The minimum absolute atomic E-state index is 0.101. The van der Waals surface area contributed by atoms with Crippen molar-refractivity contribution in [3.63, 3.8) is 0 Å². The first-order chi connectivity index (χ1) is 15.2. The Labute approximate surface area is 181 Å². The molecule has 3 heterocycles. The fourth-order valence-corrected chi connectivity index (χ4v) is 5.09. The van der Waals surface area contributed by atoms with E-state index in [0.29, 0.717) is 12.5 Å². The van der Waals surface area contributed by atoms with Crippen LogP contribution in [0.4, 0.5) is 4.79 Å². The molecule has 2 aliphatic carbocycles. The van der Waals surface area contributed by atoms with Crippen LogP contribution in [0.1, 0.15) is 49.3 Å².